The quantitative estimate of drug-likeness (QED) is 0.701. The summed E-state index contributed by atoms with van der Waals surface area (Å²) in [7, 11) is 0. The highest BCUT2D eigenvalue weighted by atomic mass is 16.6. The van der Waals surface area contributed by atoms with Gasteiger partial charge in [0.1, 0.15) is 12.2 Å². The van der Waals surface area contributed by atoms with Gasteiger partial charge < -0.3 is 30.2 Å². The molecule has 1 aromatic carbocycles. The van der Waals surface area contributed by atoms with E-state index in [1.54, 1.807) is 20.8 Å². The van der Waals surface area contributed by atoms with Crippen molar-refractivity contribution in [3.63, 3.8) is 0 Å². The van der Waals surface area contributed by atoms with Crippen LogP contribution < -0.4 is 25.4 Å². The number of rotatable bonds is 5. The predicted molar refractivity (Wildman–Crippen MR) is 92.0 cm³/mol. The summed E-state index contributed by atoms with van der Waals surface area (Å²) in [6.45, 7) is 6.61. The molecule has 0 fully saturated rings. The third-order valence-electron chi connectivity index (χ3n) is 3.14. The van der Waals surface area contributed by atoms with Crippen molar-refractivity contribution < 1.29 is 23.8 Å². The van der Waals surface area contributed by atoms with E-state index in [9.17, 15) is 9.59 Å². The van der Waals surface area contributed by atoms with E-state index in [1.165, 1.54) is 0 Å². The van der Waals surface area contributed by atoms with Gasteiger partial charge in [0.15, 0.2) is 17.6 Å². The van der Waals surface area contributed by atoms with Gasteiger partial charge >= 0.3 is 12.1 Å². The maximum atomic E-state index is 11.7. The average molecular weight is 351 g/mol. The van der Waals surface area contributed by atoms with Crippen LogP contribution in [0.2, 0.25) is 0 Å². The molecule has 1 aliphatic heterocycles. The number of carbonyl (C=O) groups is 2. The van der Waals surface area contributed by atoms with Gasteiger partial charge in [0.2, 0.25) is 0 Å². The third kappa shape index (κ3) is 6.78. The van der Waals surface area contributed by atoms with Crippen molar-refractivity contribution in [2.24, 2.45) is 0 Å². The Hall–Kier alpha value is -2.64. The second-order valence-corrected chi connectivity index (χ2v) is 6.56. The highest BCUT2D eigenvalue weighted by Gasteiger charge is 2.21. The van der Waals surface area contributed by atoms with E-state index < -0.39 is 11.7 Å². The Balaban J connectivity index is 1.58. The zero-order valence-corrected chi connectivity index (χ0v) is 14.8. The normalized spacial score (nSPS) is 15.9. The van der Waals surface area contributed by atoms with Crippen LogP contribution >= 0.6 is 0 Å². The largest absolute Gasteiger partial charge is 0.486 e. The van der Waals surface area contributed by atoms with Gasteiger partial charge in [0.25, 0.3) is 0 Å². The lowest BCUT2D eigenvalue weighted by molar-refractivity contribution is 0.0528. The van der Waals surface area contributed by atoms with Crippen molar-refractivity contribution in [1.82, 2.24) is 16.0 Å². The molecule has 3 amide bonds. The SMILES string of the molecule is CC(C)(C)OC(=O)NCCNC(=O)NCC1COc2ccccc2O1. The third-order valence-corrected chi connectivity index (χ3v) is 3.14. The fourth-order valence-corrected chi connectivity index (χ4v) is 2.09. The van der Waals surface area contributed by atoms with Crippen molar-refractivity contribution in [1.29, 1.82) is 0 Å². The summed E-state index contributed by atoms with van der Waals surface area (Å²) >= 11 is 0. The molecular weight excluding hydrogens is 326 g/mol. The summed E-state index contributed by atoms with van der Waals surface area (Å²) in [4.78, 5) is 23.2. The predicted octanol–water partition coefficient (Wildman–Crippen LogP) is 1.65. The van der Waals surface area contributed by atoms with Gasteiger partial charge in [-0.1, -0.05) is 12.1 Å². The number of hydrogen-bond donors (Lipinski definition) is 3. The molecule has 2 rings (SSSR count). The number of ether oxygens (including phenoxy) is 3. The molecule has 1 heterocycles. The van der Waals surface area contributed by atoms with E-state index in [2.05, 4.69) is 16.0 Å². The Morgan fingerprint density at radius 1 is 1.12 bits per heavy atom. The Bertz CT molecular complexity index is 600. The number of benzene rings is 1. The molecule has 1 unspecified atom stereocenters. The minimum atomic E-state index is -0.546. The van der Waals surface area contributed by atoms with Crippen molar-refractivity contribution in [2.45, 2.75) is 32.5 Å². The Kier molecular flexibility index (Phi) is 6.32. The number of alkyl carbamates (subject to hydrolysis) is 1. The van der Waals surface area contributed by atoms with Crippen LogP contribution in [-0.2, 0) is 4.74 Å². The van der Waals surface area contributed by atoms with Gasteiger partial charge in [-0.2, -0.15) is 0 Å². The van der Waals surface area contributed by atoms with E-state index >= 15 is 0 Å². The average Bonchev–Trinajstić information content (AvgIpc) is 2.55. The van der Waals surface area contributed by atoms with Gasteiger partial charge in [0, 0.05) is 13.1 Å². The molecule has 3 N–H and O–H groups in total. The molecular formula is C17H25N3O5. The summed E-state index contributed by atoms with van der Waals surface area (Å²) in [5, 5.41) is 7.92. The number of nitrogens with one attached hydrogen (secondary N) is 3. The molecule has 0 aromatic heterocycles. The van der Waals surface area contributed by atoms with Crippen LogP contribution in [-0.4, -0.2) is 50.1 Å². The maximum Gasteiger partial charge on any atom is 0.407 e. The van der Waals surface area contributed by atoms with Crippen molar-refractivity contribution >= 4 is 12.1 Å². The topological polar surface area (TPSA) is 97.9 Å². The highest BCUT2D eigenvalue weighted by molar-refractivity contribution is 5.74. The van der Waals surface area contributed by atoms with E-state index in [-0.39, 0.29) is 25.2 Å². The summed E-state index contributed by atoms with van der Waals surface area (Å²) in [5.41, 5.74) is -0.546. The van der Waals surface area contributed by atoms with Crippen LogP contribution in [0, 0.1) is 0 Å². The molecule has 0 saturated heterocycles. The molecule has 1 aromatic rings. The van der Waals surface area contributed by atoms with Crippen LogP contribution in [0.1, 0.15) is 20.8 Å². The number of carbonyl (C=O) groups excluding carboxylic acids is 2. The molecule has 25 heavy (non-hydrogen) atoms. The van der Waals surface area contributed by atoms with Gasteiger partial charge in [-0.25, -0.2) is 9.59 Å². The zero-order chi connectivity index (χ0) is 18.3. The first-order chi connectivity index (χ1) is 11.8. The lowest BCUT2D eigenvalue weighted by Crippen LogP contribution is -2.46. The zero-order valence-electron chi connectivity index (χ0n) is 14.8. The van der Waals surface area contributed by atoms with Crippen LogP contribution in [0.25, 0.3) is 0 Å². The van der Waals surface area contributed by atoms with Gasteiger partial charge in [-0.05, 0) is 32.9 Å². The number of amides is 3. The second kappa shape index (κ2) is 8.46. The van der Waals surface area contributed by atoms with E-state index in [1.807, 2.05) is 24.3 Å². The first-order valence-electron chi connectivity index (χ1n) is 8.20. The molecule has 1 aliphatic rings. The van der Waals surface area contributed by atoms with Crippen molar-refractivity contribution in [3.8, 4) is 11.5 Å². The smallest absolute Gasteiger partial charge is 0.407 e. The Morgan fingerprint density at radius 2 is 1.80 bits per heavy atom. The minimum Gasteiger partial charge on any atom is -0.486 e. The van der Waals surface area contributed by atoms with Crippen LogP contribution in [0.5, 0.6) is 11.5 Å². The van der Waals surface area contributed by atoms with Crippen LogP contribution in [0.15, 0.2) is 24.3 Å². The molecule has 0 spiro atoms. The molecule has 0 aliphatic carbocycles. The second-order valence-electron chi connectivity index (χ2n) is 6.56. The first-order valence-corrected chi connectivity index (χ1v) is 8.20. The van der Waals surface area contributed by atoms with Gasteiger partial charge in [-0.3, -0.25) is 0 Å². The minimum absolute atomic E-state index is 0.250. The summed E-state index contributed by atoms with van der Waals surface area (Å²) < 4.78 is 16.4. The first kappa shape index (κ1) is 18.7. The van der Waals surface area contributed by atoms with Crippen molar-refractivity contribution in [2.75, 3.05) is 26.2 Å². The lowest BCUT2D eigenvalue weighted by atomic mass is 10.2. The van der Waals surface area contributed by atoms with E-state index in [0.29, 0.717) is 24.7 Å². The molecule has 0 saturated carbocycles. The Labute approximate surface area is 147 Å². The van der Waals surface area contributed by atoms with Crippen LogP contribution in [0.4, 0.5) is 9.59 Å². The molecule has 0 radical (unpaired) electrons. The number of fused-ring (bicyclic) bond motifs is 1. The van der Waals surface area contributed by atoms with Crippen molar-refractivity contribution in [3.05, 3.63) is 24.3 Å². The molecule has 8 heteroatoms. The number of hydrogen-bond acceptors (Lipinski definition) is 5. The Morgan fingerprint density at radius 3 is 2.52 bits per heavy atom. The summed E-state index contributed by atoms with van der Waals surface area (Å²) in [6, 6.07) is 7.06. The standard InChI is InChI=1S/C17H25N3O5/c1-17(2,3)25-16(22)19-9-8-18-15(21)20-10-12-11-23-13-6-4-5-7-14(13)24-12/h4-7,12H,8-11H2,1-3H3,(H,19,22)(H2,18,20,21). The fraction of sp³-hybridized carbons (Fsp3) is 0.529. The monoisotopic (exact) mass is 351 g/mol. The lowest BCUT2D eigenvalue weighted by Gasteiger charge is -2.26. The molecule has 8 nitrogen and oxygen atoms in total. The van der Waals surface area contributed by atoms with Gasteiger partial charge in [0.05, 0.1) is 6.54 Å². The molecule has 0 bridgehead atoms. The van der Waals surface area contributed by atoms with E-state index in [0.717, 1.165) is 0 Å². The summed E-state index contributed by atoms with van der Waals surface area (Å²) in [6.07, 6.45) is -0.762. The fourth-order valence-electron chi connectivity index (χ4n) is 2.09. The highest BCUT2D eigenvalue weighted by Crippen LogP contribution is 2.30. The van der Waals surface area contributed by atoms with E-state index in [4.69, 9.17) is 14.2 Å². The maximum absolute atomic E-state index is 11.7. The van der Waals surface area contributed by atoms with Crippen LogP contribution in [0.3, 0.4) is 0 Å². The molecule has 138 valence electrons. The molecule has 1 atom stereocenters. The van der Waals surface area contributed by atoms with Gasteiger partial charge in [-0.15, -0.1) is 0 Å². The number of para-hydroxylation sites is 2. The summed E-state index contributed by atoms with van der Waals surface area (Å²) in [5.74, 6) is 1.37. The number of urea groups is 1.